The maximum atomic E-state index is 16.9. The monoisotopic (exact) mass is 635 g/mol. The number of rotatable bonds is 5. The second-order valence-corrected chi connectivity index (χ2v) is 11.7. The van der Waals surface area contributed by atoms with E-state index in [1.54, 1.807) is 4.90 Å². The van der Waals surface area contributed by atoms with Gasteiger partial charge in [0.05, 0.1) is 45.8 Å². The van der Waals surface area contributed by atoms with Crippen LogP contribution in [0.25, 0.3) is 22.4 Å². The summed E-state index contributed by atoms with van der Waals surface area (Å²) < 4.78 is 81.8. The number of halogens is 5. The third-order valence-electron chi connectivity index (χ3n) is 8.36. The van der Waals surface area contributed by atoms with Gasteiger partial charge in [0.25, 0.3) is 11.5 Å². The summed E-state index contributed by atoms with van der Waals surface area (Å²) in [6, 6.07) is 1.15. The molecule has 242 valence electrons. The minimum atomic E-state index is -5.17. The molecule has 0 aliphatic carbocycles. The van der Waals surface area contributed by atoms with Crippen LogP contribution < -0.4 is 21.1 Å². The number of benzene rings is 1. The van der Waals surface area contributed by atoms with Gasteiger partial charge in [-0.15, -0.1) is 0 Å². The fraction of sp³-hybridized carbons (Fsp3) is 0.467. The van der Waals surface area contributed by atoms with Crippen LogP contribution in [-0.4, -0.2) is 83.4 Å². The maximum absolute atomic E-state index is 16.9. The van der Waals surface area contributed by atoms with Gasteiger partial charge >= 0.3 is 6.18 Å². The fourth-order valence-electron chi connectivity index (χ4n) is 6.03. The summed E-state index contributed by atoms with van der Waals surface area (Å²) in [7, 11) is 2.97. The van der Waals surface area contributed by atoms with Crippen LogP contribution in [0.15, 0.2) is 29.3 Å². The average Bonchev–Trinajstić information content (AvgIpc) is 2.95. The predicted octanol–water partition coefficient (Wildman–Crippen LogP) is 3.66. The van der Waals surface area contributed by atoms with Gasteiger partial charge in [-0.1, -0.05) is 0 Å². The maximum Gasteiger partial charge on any atom is 0.417 e. The number of primary amides is 1. The van der Waals surface area contributed by atoms with Gasteiger partial charge < -0.3 is 29.7 Å². The Morgan fingerprint density at radius 2 is 1.58 bits per heavy atom. The Hall–Kier alpha value is -4.11. The SMILES string of the molecule is C[C@H]1CN(c2ncc(-c3c(F)cc(N4CCN(C)[C@@H](C)C4)c(-c4c(C(N)=O)c(C(F)(F)F)cc(=O)n4C)c3F)cn2)C[C@H](C)O1. The minimum Gasteiger partial charge on any atom is -0.372 e. The number of carbonyl (C=O) groups is 1. The van der Waals surface area contributed by atoms with Crippen molar-refractivity contribution < 1.29 is 31.5 Å². The molecule has 2 N–H and O–H groups in total. The van der Waals surface area contributed by atoms with Gasteiger partial charge in [0.15, 0.2) is 0 Å². The highest BCUT2D eigenvalue weighted by atomic mass is 19.4. The molecule has 45 heavy (non-hydrogen) atoms. The normalized spacial score (nSPS) is 21.3. The van der Waals surface area contributed by atoms with E-state index in [-0.39, 0.29) is 48.7 Å². The second kappa shape index (κ2) is 12.0. The Morgan fingerprint density at radius 1 is 0.956 bits per heavy atom. The van der Waals surface area contributed by atoms with Gasteiger partial charge in [0.2, 0.25) is 5.95 Å². The molecule has 2 fully saturated rings. The number of amides is 1. The largest absolute Gasteiger partial charge is 0.417 e. The number of anilines is 2. The first-order chi connectivity index (χ1) is 21.1. The van der Waals surface area contributed by atoms with Crippen molar-refractivity contribution in [3.8, 4) is 22.4 Å². The number of hydrogen-bond donors (Lipinski definition) is 1. The lowest BCUT2D eigenvalue weighted by atomic mass is 9.93. The molecule has 0 bridgehead atoms. The molecule has 2 aliphatic heterocycles. The standard InChI is InChI=1S/C30H34F5N7O3/c1-15-12-41(7-6-39(15)4)21-9-20(31)23(18-10-37-29(38-11-18)42-13-16(2)45-17(3)14-42)26(32)25(21)27-24(28(36)44)19(30(33,34)35)8-22(43)40(27)5/h8-11,15-17H,6-7,12-14H2,1-5H3,(H2,36,44)/t15-,16-,17-/m0/s1. The zero-order valence-electron chi connectivity index (χ0n) is 25.5. The summed E-state index contributed by atoms with van der Waals surface area (Å²) in [6.45, 7) is 7.66. The molecule has 0 saturated carbocycles. The lowest BCUT2D eigenvalue weighted by molar-refractivity contribution is -0.138. The topological polar surface area (TPSA) is 110 Å². The zero-order chi connectivity index (χ0) is 33.0. The number of pyridine rings is 1. The molecule has 0 unspecified atom stereocenters. The Balaban J connectivity index is 1.76. The number of morpholine rings is 1. The number of ether oxygens (including phenoxy) is 1. The molecule has 3 atom stereocenters. The Kier molecular flexibility index (Phi) is 8.61. The molecule has 2 aliphatic rings. The molecule has 4 heterocycles. The Bertz CT molecular complexity index is 1670. The molecule has 5 rings (SSSR count). The number of carbonyl (C=O) groups excluding carboxylic acids is 1. The lowest BCUT2D eigenvalue weighted by Gasteiger charge is -2.40. The molecule has 0 spiro atoms. The van der Waals surface area contributed by atoms with Crippen molar-refractivity contribution in [1.82, 2.24) is 19.4 Å². The summed E-state index contributed by atoms with van der Waals surface area (Å²) >= 11 is 0. The van der Waals surface area contributed by atoms with Crippen molar-refractivity contribution in [2.24, 2.45) is 12.8 Å². The van der Waals surface area contributed by atoms with Crippen molar-refractivity contribution in [3.63, 3.8) is 0 Å². The van der Waals surface area contributed by atoms with E-state index < -0.39 is 57.2 Å². The van der Waals surface area contributed by atoms with E-state index in [0.717, 1.165) is 17.7 Å². The van der Waals surface area contributed by atoms with Gasteiger partial charge in [0.1, 0.15) is 11.6 Å². The molecule has 1 aromatic carbocycles. The van der Waals surface area contributed by atoms with E-state index in [2.05, 4.69) is 9.97 Å². The molecule has 2 saturated heterocycles. The molecule has 1 amide bonds. The number of piperazine rings is 1. The van der Waals surface area contributed by atoms with Gasteiger partial charge in [-0.2, -0.15) is 13.2 Å². The van der Waals surface area contributed by atoms with E-state index in [1.807, 2.05) is 37.6 Å². The van der Waals surface area contributed by atoms with E-state index in [9.17, 15) is 22.8 Å². The van der Waals surface area contributed by atoms with Crippen molar-refractivity contribution in [2.75, 3.05) is 49.6 Å². The smallest absolute Gasteiger partial charge is 0.372 e. The summed E-state index contributed by atoms with van der Waals surface area (Å²) in [5, 5.41) is 0. The van der Waals surface area contributed by atoms with Crippen LogP contribution in [-0.2, 0) is 18.0 Å². The van der Waals surface area contributed by atoms with E-state index in [1.165, 1.54) is 12.4 Å². The summed E-state index contributed by atoms with van der Waals surface area (Å²) in [5.41, 5.74) is -0.544. The number of alkyl halides is 3. The zero-order valence-corrected chi connectivity index (χ0v) is 25.5. The highest BCUT2D eigenvalue weighted by Gasteiger charge is 2.40. The van der Waals surface area contributed by atoms with Gasteiger partial charge in [0, 0.05) is 69.8 Å². The van der Waals surface area contributed by atoms with Gasteiger partial charge in [-0.3, -0.25) is 9.59 Å². The van der Waals surface area contributed by atoms with E-state index in [0.29, 0.717) is 25.6 Å². The van der Waals surface area contributed by atoms with Crippen LogP contribution in [0, 0.1) is 11.6 Å². The number of nitrogens with two attached hydrogens (primary N) is 1. The van der Waals surface area contributed by atoms with Crippen LogP contribution in [0.2, 0.25) is 0 Å². The van der Waals surface area contributed by atoms with Gasteiger partial charge in [-0.25, -0.2) is 18.7 Å². The molecule has 2 aromatic heterocycles. The first-order valence-corrected chi connectivity index (χ1v) is 14.4. The molecule has 10 nitrogen and oxygen atoms in total. The first-order valence-electron chi connectivity index (χ1n) is 14.4. The summed E-state index contributed by atoms with van der Waals surface area (Å²) in [4.78, 5) is 39.6. The molecular formula is C30H34F5N7O3. The number of hydrogen-bond acceptors (Lipinski definition) is 8. The predicted molar refractivity (Wildman–Crippen MR) is 158 cm³/mol. The van der Waals surface area contributed by atoms with Crippen molar-refractivity contribution >= 4 is 17.5 Å². The molecule has 0 radical (unpaired) electrons. The second-order valence-electron chi connectivity index (χ2n) is 11.7. The van der Waals surface area contributed by atoms with Crippen LogP contribution in [0.3, 0.4) is 0 Å². The van der Waals surface area contributed by atoms with Crippen LogP contribution in [0.4, 0.5) is 33.6 Å². The van der Waals surface area contributed by atoms with E-state index in [4.69, 9.17) is 10.5 Å². The van der Waals surface area contributed by atoms with Crippen molar-refractivity contribution in [2.45, 2.75) is 45.2 Å². The summed E-state index contributed by atoms with van der Waals surface area (Å²) in [6.07, 6.45) is -2.94. The average molecular weight is 636 g/mol. The molecule has 3 aromatic rings. The van der Waals surface area contributed by atoms with Crippen molar-refractivity contribution in [1.29, 1.82) is 0 Å². The van der Waals surface area contributed by atoms with Crippen LogP contribution in [0.1, 0.15) is 36.7 Å². The van der Waals surface area contributed by atoms with Crippen LogP contribution in [0.5, 0.6) is 0 Å². The molecule has 15 heteroatoms. The lowest BCUT2D eigenvalue weighted by Crippen LogP contribution is -2.50. The highest BCUT2D eigenvalue weighted by molar-refractivity contribution is 6.02. The number of aromatic nitrogens is 3. The van der Waals surface area contributed by atoms with Crippen molar-refractivity contribution in [3.05, 3.63) is 57.6 Å². The highest BCUT2D eigenvalue weighted by Crippen LogP contribution is 2.44. The first kappa shape index (κ1) is 32.3. The Morgan fingerprint density at radius 3 is 2.13 bits per heavy atom. The van der Waals surface area contributed by atoms with E-state index >= 15 is 8.78 Å². The Labute approximate surface area is 256 Å². The number of likely N-dealkylation sites (N-methyl/N-ethyl adjacent to an activating group) is 1. The van der Waals surface area contributed by atoms with Crippen LogP contribution >= 0.6 is 0 Å². The number of nitrogens with zero attached hydrogens (tertiary/aromatic N) is 6. The fourth-order valence-corrected chi connectivity index (χ4v) is 6.03. The molecular weight excluding hydrogens is 601 g/mol. The van der Waals surface area contributed by atoms with Gasteiger partial charge in [-0.05, 0) is 33.9 Å². The summed E-state index contributed by atoms with van der Waals surface area (Å²) in [5.74, 6) is -3.54. The minimum absolute atomic E-state index is 0.0927. The quantitative estimate of drug-likeness (QED) is 0.424. The third-order valence-corrected chi connectivity index (χ3v) is 8.36. The third kappa shape index (κ3) is 6.10.